The first-order valence-electron chi connectivity index (χ1n) is 7.39. The number of benzene rings is 2. The number of amides is 2. The van der Waals surface area contributed by atoms with E-state index in [1.54, 1.807) is 6.08 Å². The highest BCUT2D eigenvalue weighted by Crippen LogP contribution is 2.09. The third kappa shape index (κ3) is 6.08. The van der Waals surface area contributed by atoms with Gasteiger partial charge in [0.05, 0.1) is 0 Å². The zero-order valence-electron chi connectivity index (χ0n) is 13.4. The molecule has 25 heavy (non-hydrogen) atoms. The van der Waals surface area contributed by atoms with Crippen molar-refractivity contribution in [2.75, 3.05) is 0 Å². The molecule has 2 amide bonds. The minimum Gasteiger partial charge on any atom is -0.508 e. The third-order valence-corrected chi connectivity index (χ3v) is 3.36. The normalized spacial score (nSPS) is 10.3. The zero-order chi connectivity index (χ0) is 18.2. The molecule has 0 spiro atoms. The SMILES string of the molecule is Cc1ccc(C=CC(=O)NC(=S)NNC(=O)c2ccc(O)cc2)cc1. The smallest absolute Gasteiger partial charge is 0.269 e. The molecule has 0 radical (unpaired) electrons. The van der Waals surface area contributed by atoms with Gasteiger partial charge in [-0.05, 0) is 55.0 Å². The number of carbonyl (C=O) groups excluding carboxylic acids is 2. The van der Waals surface area contributed by atoms with Crippen LogP contribution in [-0.4, -0.2) is 22.0 Å². The van der Waals surface area contributed by atoms with Crippen molar-refractivity contribution in [2.24, 2.45) is 0 Å². The van der Waals surface area contributed by atoms with E-state index < -0.39 is 11.8 Å². The third-order valence-electron chi connectivity index (χ3n) is 3.16. The Morgan fingerprint density at radius 2 is 1.64 bits per heavy atom. The first-order valence-corrected chi connectivity index (χ1v) is 7.80. The molecule has 0 bridgehead atoms. The Labute approximate surface area is 150 Å². The lowest BCUT2D eigenvalue weighted by atomic mass is 10.1. The quantitative estimate of drug-likeness (QED) is 0.384. The van der Waals surface area contributed by atoms with Crippen molar-refractivity contribution in [3.63, 3.8) is 0 Å². The molecular formula is C18H17N3O3S. The Morgan fingerprint density at radius 1 is 1.00 bits per heavy atom. The van der Waals surface area contributed by atoms with E-state index in [1.165, 1.54) is 30.3 Å². The standard InChI is InChI=1S/C18H17N3O3S/c1-12-2-4-13(5-3-12)6-11-16(23)19-18(25)21-20-17(24)14-7-9-15(22)10-8-14/h2-11,22H,1H3,(H,20,24)(H2,19,21,23,25). The highest BCUT2D eigenvalue weighted by Gasteiger charge is 2.06. The second-order valence-electron chi connectivity index (χ2n) is 5.19. The lowest BCUT2D eigenvalue weighted by Crippen LogP contribution is -2.48. The summed E-state index contributed by atoms with van der Waals surface area (Å²) in [5.41, 5.74) is 7.15. The summed E-state index contributed by atoms with van der Waals surface area (Å²) >= 11 is 4.94. The number of rotatable bonds is 3. The molecule has 7 heteroatoms. The van der Waals surface area contributed by atoms with Gasteiger partial charge in [0.15, 0.2) is 5.11 Å². The molecule has 0 atom stereocenters. The number of carbonyl (C=O) groups is 2. The topological polar surface area (TPSA) is 90.5 Å². The number of thiocarbonyl (C=S) groups is 1. The molecule has 0 fully saturated rings. The summed E-state index contributed by atoms with van der Waals surface area (Å²) < 4.78 is 0. The van der Waals surface area contributed by atoms with Gasteiger partial charge in [0.2, 0.25) is 5.91 Å². The maximum Gasteiger partial charge on any atom is 0.269 e. The van der Waals surface area contributed by atoms with Gasteiger partial charge in [-0.1, -0.05) is 29.8 Å². The average molecular weight is 355 g/mol. The zero-order valence-corrected chi connectivity index (χ0v) is 14.3. The van der Waals surface area contributed by atoms with Crippen molar-refractivity contribution in [1.29, 1.82) is 0 Å². The number of hydrazine groups is 1. The first-order chi connectivity index (χ1) is 11.9. The fourth-order valence-corrected chi connectivity index (χ4v) is 1.98. The second-order valence-corrected chi connectivity index (χ2v) is 5.60. The van der Waals surface area contributed by atoms with Crippen molar-refractivity contribution >= 4 is 35.2 Å². The maximum atomic E-state index is 11.8. The second kappa shape index (κ2) is 8.60. The minimum absolute atomic E-state index is 0.0364. The van der Waals surface area contributed by atoms with E-state index in [1.807, 2.05) is 31.2 Å². The van der Waals surface area contributed by atoms with Crippen LogP contribution in [0.2, 0.25) is 0 Å². The fourth-order valence-electron chi connectivity index (χ4n) is 1.83. The summed E-state index contributed by atoms with van der Waals surface area (Å²) in [5, 5.41) is 11.6. The molecule has 0 aliphatic heterocycles. The molecule has 2 aromatic rings. The number of aryl methyl sites for hydroxylation is 1. The number of phenols is 1. The number of hydrogen-bond donors (Lipinski definition) is 4. The molecule has 0 aliphatic carbocycles. The van der Waals surface area contributed by atoms with Gasteiger partial charge in [0.1, 0.15) is 5.75 Å². The average Bonchev–Trinajstić information content (AvgIpc) is 2.60. The molecule has 0 heterocycles. The van der Waals surface area contributed by atoms with E-state index in [0.717, 1.165) is 11.1 Å². The lowest BCUT2D eigenvalue weighted by molar-refractivity contribution is -0.115. The summed E-state index contributed by atoms with van der Waals surface area (Å²) in [6.07, 6.45) is 3.01. The number of phenolic OH excluding ortho intramolecular Hbond substituents is 1. The molecular weight excluding hydrogens is 338 g/mol. The van der Waals surface area contributed by atoms with Crippen molar-refractivity contribution in [2.45, 2.75) is 6.92 Å². The summed E-state index contributed by atoms with van der Waals surface area (Å²) in [5.74, 6) is -0.809. The molecule has 128 valence electrons. The predicted molar refractivity (Wildman–Crippen MR) is 99.7 cm³/mol. The van der Waals surface area contributed by atoms with Gasteiger partial charge in [-0.15, -0.1) is 0 Å². The fraction of sp³-hybridized carbons (Fsp3) is 0.0556. The Bertz CT molecular complexity index is 799. The van der Waals surface area contributed by atoms with Crippen LogP contribution in [0.1, 0.15) is 21.5 Å². The molecule has 0 aliphatic rings. The van der Waals surface area contributed by atoms with Crippen LogP contribution in [0.5, 0.6) is 5.75 Å². The molecule has 4 N–H and O–H groups in total. The van der Waals surface area contributed by atoms with Crippen LogP contribution in [0, 0.1) is 6.92 Å². The minimum atomic E-state index is -0.452. The highest BCUT2D eigenvalue weighted by atomic mass is 32.1. The van der Waals surface area contributed by atoms with Crippen LogP contribution in [-0.2, 0) is 4.79 Å². The van der Waals surface area contributed by atoms with Crippen LogP contribution < -0.4 is 16.2 Å². The summed E-state index contributed by atoms with van der Waals surface area (Å²) in [6.45, 7) is 1.98. The lowest BCUT2D eigenvalue weighted by Gasteiger charge is -2.09. The van der Waals surface area contributed by atoms with Gasteiger partial charge >= 0.3 is 0 Å². The maximum absolute atomic E-state index is 11.8. The Balaban J connectivity index is 1.79. The van der Waals surface area contributed by atoms with Gasteiger partial charge in [-0.2, -0.15) is 0 Å². The van der Waals surface area contributed by atoms with E-state index in [0.29, 0.717) is 5.56 Å². The van der Waals surface area contributed by atoms with E-state index in [-0.39, 0.29) is 10.9 Å². The van der Waals surface area contributed by atoms with Crippen molar-refractivity contribution in [1.82, 2.24) is 16.2 Å². The molecule has 2 aromatic carbocycles. The van der Waals surface area contributed by atoms with Gasteiger partial charge in [0, 0.05) is 11.6 Å². The highest BCUT2D eigenvalue weighted by molar-refractivity contribution is 7.80. The summed E-state index contributed by atoms with van der Waals surface area (Å²) in [6, 6.07) is 13.4. The van der Waals surface area contributed by atoms with Gasteiger partial charge in [-0.3, -0.25) is 25.8 Å². The Hall–Kier alpha value is -3.19. The van der Waals surface area contributed by atoms with Crippen molar-refractivity contribution in [3.05, 3.63) is 71.3 Å². The molecule has 0 unspecified atom stereocenters. The molecule has 0 saturated heterocycles. The van der Waals surface area contributed by atoms with Gasteiger partial charge in [0.25, 0.3) is 5.91 Å². The van der Waals surface area contributed by atoms with Gasteiger partial charge in [-0.25, -0.2) is 0 Å². The van der Waals surface area contributed by atoms with E-state index in [4.69, 9.17) is 12.2 Å². The van der Waals surface area contributed by atoms with Crippen molar-refractivity contribution in [3.8, 4) is 5.75 Å². The first kappa shape index (κ1) is 18.2. The predicted octanol–water partition coefficient (Wildman–Crippen LogP) is 2.05. The van der Waals surface area contributed by atoms with Crippen LogP contribution in [0.25, 0.3) is 6.08 Å². The van der Waals surface area contributed by atoms with E-state index in [2.05, 4.69) is 16.2 Å². The largest absolute Gasteiger partial charge is 0.508 e. The van der Waals surface area contributed by atoms with Crippen molar-refractivity contribution < 1.29 is 14.7 Å². The Kier molecular flexibility index (Phi) is 6.25. The van der Waals surface area contributed by atoms with Crippen LogP contribution in [0.4, 0.5) is 0 Å². The summed E-state index contributed by atoms with van der Waals surface area (Å²) in [4.78, 5) is 23.6. The number of hydrogen-bond acceptors (Lipinski definition) is 4. The monoisotopic (exact) mass is 355 g/mol. The van der Waals surface area contributed by atoms with Crippen LogP contribution in [0.15, 0.2) is 54.6 Å². The molecule has 0 saturated carbocycles. The van der Waals surface area contributed by atoms with Crippen LogP contribution in [0.3, 0.4) is 0 Å². The molecule has 0 aromatic heterocycles. The van der Waals surface area contributed by atoms with E-state index >= 15 is 0 Å². The molecule has 6 nitrogen and oxygen atoms in total. The number of nitrogens with one attached hydrogen (secondary N) is 3. The summed E-state index contributed by atoms with van der Waals surface area (Å²) in [7, 11) is 0. The van der Waals surface area contributed by atoms with E-state index in [9.17, 15) is 14.7 Å². The van der Waals surface area contributed by atoms with Crippen LogP contribution >= 0.6 is 12.2 Å². The molecule has 2 rings (SSSR count). The Morgan fingerprint density at radius 3 is 2.28 bits per heavy atom. The van der Waals surface area contributed by atoms with Gasteiger partial charge < -0.3 is 5.11 Å². The number of aromatic hydroxyl groups is 1.